The number of allylic oxidation sites excluding steroid dienone is 2. The first-order chi connectivity index (χ1) is 7.57. The summed E-state index contributed by atoms with van der Waals surface area (Å²) in [5.41, 5.74) is -0.515. The van der Waals surface area contributed by atoms with Crippen LogP contribution in [0.5, 0.6) is 0 Å². The van der Waals surface area contributed by atoms with Crippen LogP contribution in [-0.2, 0) is 0 Å². The molecule has 1 unspecified atom stereocenters. The molecule has 0 radical (unpaired) electrons. The van der Waals surface area contributed by atoms with Crippen molar-refractivity contribution in [3.8, 4) is 0 Å². The number of nitrogens with one attached hydrogen (secondary N) is 1. The lowest BCUT2D eigenvalue weighted by atomic mass is 10.0. The molecule has 0 saturated carbocycles. The molecule has 1 aliphatic heterocycles. The van der Waals surface area contributed by atoms with Gasteiger partial charge in [0.25, 0.3) is 0 Å². The molecular weight excluding hydrogens is 217 g/mol. The average molecular weight is 232 g/mol. The predicted octanol–water partition coefficient (Wildman–Crippen LogP) is 1.71. The number of halogens is 3. The molecule has 1 aliphatic carbocycles. The number of rotatable bonds is 1. The number of nitrogens with zero attached hydrogens (tertiary/aromatic N) is 1. The van der Waals surface area contributed by atoms with Crippen molar-refractivity contribution in [3.63, 3.8) is 0 Å². The van der Waals surface area contributed by atoms with Crippen molar-refractivity contribution in [2.45, 2.75) is 18.6 Å². The third-order valence-corrected chi connectivity index (χ3v) is 3.03. The van der Waals surface area contributed by atoms with Crippen LogP contribution in [-0.4, -0.2) is 43.3 Å². The van der Waals surface area contributed by atoms with E-state index in [1.807, 2.05) is 0 Å². The minimum absolute atomic E-state index is 0.133. The van der Waals surface area contributed by atoms with E-state index in [0.717, 1.165) is 26.2 Å². The first-order valence-corrected chi connectivity index (χ1v) is 5.48. The maximum Gasteiger partial charge on any atom is 0.416 e. The molecule has 0 bridgehead atoms. The van der Waals surface area contributed by atoms with Crippen LogP contribution in [0.3, 0.4) is 0 Å². The average Bonchev–Trinajstić information content (AvgIpc) is 2.29. The lowest BCUT2D eigenvalue weighted by Crippen LogP contribution is -2.48. The number of hydrogen-bond donors (Lipinski definition) is 1. The summed E-state index contributed by atoms with van der Waals surface area (Å²) in [4.78, 5) is 2.22. The summed E-state index contributed by atoms with van der Waals surface area (Å²) in [6.45, 7) is 3.65. The Morgan fingerprint density at radius 1 is 1.25 bits per heavy atom. The Balaban J connectivity index is 1.94. The minimum atomic E-state index is -4.20. The largest absolute Gasteiger partial charge is 0.416 e. The molecule has 0 aromatic rings. The molecule has 90 valence electrons. The smallest absolute Gasteiger partial charge is 0.314 e. The standard InChI is InChI=1S/C11H15F3N2/c12-11(13,14)9-1-3-10(4-2-9)16-7-5-15-6-8-16/h1-3,10,15H,4-8H2. The third kappa shape index (κ3) is 2.65. The molecule has 0 amide bonds. The zero-order valence-corrected chi connectivity index (χ0v) is 8.93. The van der Waals surface area contributed by atoms with Crippen molar-refractivity contribution in [1.82, 2.24) is 10.2 Å². The van der Waals surface area contributed by atoms with Gasteiger partial charge in [0.05, 0.1) is 5.57 Å². The topological polar surface area (TPSA) is 15.3 Å². The Labute approximate surface area is 92.8 Å². The molecule has 1 fully saturated rings. The van der Waals surface area contributed by atoms with Crippen molar-refractivity contribution in [2.75, 3.05) is 26.2 Å². The molecule has 16 heavy (non-hydrogen) atoms. The second-order valence-electron chi connectivity index (χ2n) is 4.11. The normalized spacial score (nSPS) is 27.9. The van der Waals surface area contributed by atoms with Crippen LogP contribution < -0.4 is 5.32 Å². The second kappa shape index (κ2) is 4.59. The van der Waals surface area contributed by atoms with Crippen LogP contribution in [0.4, 0.5) is 13.2 Å². The quantitative estimate of drug-likeness (QED) is 0.740. The Morgan fingerprint density at radius 3 is 2.44 bits per heavy atom. The lowest BCUT2D eigenvalue weighted by Gasteiger charge is -2.34. The highest BCUT2D eigenvalue weighted by atomic mass is 19.4. The van der Waals surface area contributed by atoms with Crippen molar-refractivity contribution in [2.24, 2.45) is 0 Å². The monoisotopic (exact) mass is 232 g/mol. The van der Waals surface area contributed by atoms with Gasteiger partial charge in [0.1, 0.15) is 0 Å². The van der Waals surface area contributed by atoms with E-state index in [1.165, 1.54) is 12.2 Å². The maximum atomic E-state index is 12.4. The van der Waals surface area contributed by atoms with Gasteiger partial charge in [0, 0.05) is 32.2 Å². The molecule has 5 heteroatoms. The Bertz CT molecular complexity index is 301. The fourth-order valence-electron chi connectivity index (χ4n) is 2.10. The molecule has 1 N–H and O–H groups in total. The van der Waals surface area contributed by atoms with Gasteiger partial charge in [-0.05, 0) is 6.42 Å². The van der Waals surface area contributed by atoms with E-state index in [4.69, 9.17) is 0 Å². The van der Waals surface area contributed by atoms with E-state index in [2.05, 4.69) is 10.2 Å². The van der Waals surface area contributed by atoms with E-state index >= 15 is 0 Å². The summed E-state index contributed by atoms with van der Waals surface area (Å²) in [5, 5.41) is 3.23. The molecule has 1 saturated heterocycles. The molecule has 1 atom stereocenters. The van der Waals surface area contributed by atoms with Gasteiger partial charge in [-0.15, -0.1) is 0 Å². The minimum Gasteiger partial charge on any atom is -0.314 e. The first-order valence-electron chi connectivity index (χ1n) is 5.48. The third-order valence-electron chi connectivity index (χ3n) is 3.03. The Morgan fingerprint density at radius 2 is 1.94 bits per heavy atom. The SMILES string of the molecule is FC(F)(F)C1=CCC(N2CCNCC2)C=C1. The molecule has 0 aromatic heterocycles. The van der Waals surface area contributed by atoms with Gasteiger partial charge in [-0.3, -0.25) is 4.90 Å². The van der Waals surface area contributed by atoms with Crippen LogP contribution in [0.1, 0.15) is 6.42 Å². The molecule has 0 spiro atoms. The van der Waals surface area contributed by atoms with Crippen molar-refractivity contribution >= 4 is 0 Å². The zero-order chi connectivity index (χ0) is 11.6. The molecule has 2 rings (SSSR count). The lowest BCUT2D eigenvalue weighted by molar-refractivity contribution is -0.0888. The van der Waals surface area contributed by atoms with Gasteiger partial charge in [0.15, 0.2) is 0 Å². The van der Waals surface area contributed by atoms with Gasteiger partial charge in [-0.1, -0.05) is 18.2 Å². The van der Waals surface area contributed by atoms with Crippen LogP contribution in [0.25, 0.3) is 0 Å². The predicted molar refractivity (Wildman–Crippen MR) is 56.1 cm³/mol. The highest BCUT2D eigenvalue weighted by Crippen LogP contribution is 2.30. The van der Waals surface area contributed by atoms with Gasteiger partial charge >= 0.3 is 6.18 Å². The van der Waals surface area contributed by atoms with Crippen molar-refractivity contribution in [1.29, 1.82) is 0 Å². The van der Waals surface area contributed by atoms with Crippen LogP contribution >= 0.6 is 0 Å². The number of hydrogen-bond acceptors (Lipinski definition) is 2. The molecule has 2 aliphatic rings. The van der Waals surface area contributed by atoms with Gasteiger partial charge in [-0.25, -0.2) is 0 Å². The van der Waals surface area contributed by atoms with Crippen LogP contribution in [0, 0.1) is 0 Å². The van der Waals surface area contributed by atoms with Crippen LogP contribution in [0.2, 0.25) is 0 Å². The molecular formula is C11H15F3N2. The van der Waals surface area contributed by atoms with E-state index < -0.39 is 11.7 Å². The molecule has 2 nitrogen and oxygen atoms in total. The summed E-state index contributed by atoms with van der Waals surface area (Å²) in [5.74, 6) is 0. The first kappa shape index (κ1) is 11.7. The van der Waals surface area contributed by atoms with Crippen molar-refractivity contribution in [3.05, 3.63) is 23.8 Å². The van der Waals surface area contributed by atoms with Gasteiger partial charge in [-0.2, -0.15) is 13.2 Å². The van der Waals surface area contributed by atoms with Crippen LogP contribution in [0.15, 0.2) is 23.8 Å². The Kier molecular flexibility index (Phi) is 3.35. The summed E-state index contributed by atoms with van der Waals surface area (Å²) < 4.78 is 37.1. The van der Waals surface area contributed by atoms with E-state index in [0.29, 0.717) is 6.42 Å². The van der Waals surface area contributed by atoms with Gasteiger partial charge in [0.2, 0.25) is 0 Å². The van der Waals surface area contributed by atoms with E-state index in [9.17, 15) is 13.2 Å². The summed E-state index contributed by atoms with van der Waals surface area (Å²) in [7, 11) is 0. The zero-order valence-electron chi connectivity index (χ0n) is 8.93. The fourth-order valence-corrected chi connectivity index (χ4v) is 2.10. The van der Waals surface area contributed by atoms with E-state index in [-0.39, 0.29) is 6.04 Å². The van der Waals surface area contributed by atoms with Crippen molar-refractivity contribution < 1.29 is 13.2 Å². The number of alkyl halides is 3. The highest BCUT2D eigenvalue weighted by molar-refractivity contribution is 5.29. The fraction of sp³-hybridized carbons (Fsp3) is 0.636. The molecule has 1 heterocycles. The maximum absolute atomic E-state index is 12.4. The molecule has 0 aromatic carbocycles. The second-order valence-corrected chi connectivity index (χ2v) is 4.11. The highest BCUT2D eigenvalue weighted by Gasteiger charge is 2.33. The number of piperazine rings is 1. The summed E-state index contributed by atoms with van der Waals surface area (Å²) in [6.07, 6.45) is 0.438. The van der Waals surface area contributed by atoms with E-state index in [1.54, 1.807) is 6.08 Å². The summed E-state index contributed by atoms with van der Waals surface area (Å²) >= 11 is 0. The Hall–Kier alpha value is -0.810. The van der Waals surface area contributed by atoms with Gasteiger partial charge < -0.3 is 5.32 Å². The summed E-state index contributed by atoms with van der Waals surface area (Å²) in [6, 6.07) is 0.133.